The summed E-state index contributed by atoms with van der Waals surface area (Å²) in [6, 6.07) is 15.3. The molecular formula is C24H32N2O. The highest BCUT2D eigenvalue weighted by molar-refractivity contribution is 5.79. The summed E-state index contributed by atoms with van der Waals surface area (Å²) in [5.41, 5.74) is 6.35. The van der Waals surface area contributed by atoms with Crippen LogP contribution in [0.3, 0.4) is 0 Å². The molecular weight excluding hydrogens is 332 g/mol. The van der Waals surface area contributed by atoms with Gasteiger partial charge in [0.2, 0.25) is 5.91 Å². The Morgan fingerprint density at radius 2 is 1.67 bits per heavy atom. The maximum Gasteiger partial charge on any atom is 0.223 e. The third-order valence-electron chi connectivity index (χ3n) is 5.75. The molecule has 0 aliphatic carbocycles. The van der Waals surface area contributed by atoms with Gasteiger partial charge in [-0.1, -0.05) is 53.6 Å². The van der Waals surface area contributed by atoms with Crippen molar-refractivity contribution in [2.24, 2.45) is 5.92 Å². The molecule has 1 fully saturated rings. The molecule has 0 bridgehead atoms. The third-order valence-corrected chi connectivity index (χ3v) is 5.75. The Hall–Kier alpha value is -2.13. The normalized spacial score (nSPS) is 16.9. The van der Waals surface area contributed by atoms with Crippen molar-refractivity contribution in [1.82, 2.24) is 10.2 Å². The highest BCUT2D eigenvalue weighted by Crippen LogP contribution is 2.23. The van der Waals surface area contributed by atoms with E-state index in [2.05, 4.69) is 80.4 Å². The lowest BCUT2D eigenvalue weighted by Gasteiger charge is -2.32. The molecule has 0 radical (unpaired) electrons. The number of aryl methyl sites for hydroxylation is 3. The Bertz CT molecular complexity index is 773. The summed E-state index contributed by atoms with van der Waals surface area (Å²) >= 11 is 0. The second-order valence-corrected chi connectivity index (χ2v) is 8.13. The summed E-state index contributed by atoms with van der Waals surface area (Å²) in [5, 5.41) is 3.25. The van der Waals surface area contributed by atoms with Crippen molar-refractivity contribution in [1.29, 1.82) is 0 Å². The number of carbonyl (C=O) groups excluding carboxylic acids is 1. The summed E-state index contributed by atoms with van der Waals surface area (Å²) in [6.45, 7) is 11.4. The molecule has 0 aromatic heterocycles. The average Bonchev–Trinajstić information content (AvgIpc) is 2.66. The first-order chi connectivity index (χ1) is 12.9. The van der Waals surface area contributed by atoms with Crippen LogP contribution in [0.4, 0.5) is 0 Å². The Morgan fingerprint density at radius 1 is 1.04 bits per heavy atom. The molecule has 0 saturated carbocycles. The minimum Gasteiger partial charge on any atom is -0.349 e. The van der Waals surface area contributed by atoms with Gasteiger partial charge in [0.05, 0.1) is 6.04 Å². The van der Waals surface area contributed by atoms with E-state index in [0.29, 0.717) is 0 Å². The van der Waals surface area contributed by atoms with E-state index in [9.17, 15) is 4.79 Å². The molecule has 1 amide bonds. The van der Waals surface area contributed by atoms with Gasteiger partial charge in [0.15, 0.2) is 0 Å². The fourth-order valence-electron chi connectivity index (χ4n) is 3.94. The fourth-order valence-corrected chi connectivity index (χ4v) is 3.94. The molecule has 27 heavy (non-hydrogen) atoms. The van der Waals surface area contributed by atoms with Gasteiger partial charge in [-0.3, -0.25) is 9.69 Å². The van der Waals surface area contributed by atoms with Crippen molar-refractivity contribution in [3.63, 3.8) is 0 Å². The largest absolute Gasteiger partial charge is 0.349 e. The second kappa shape index (κ2) is 8.71. The van der Waals surface area contributed by atoms with Gasteiger partial charge in [0.1, 0.15) is 0 Å². The van der Waals surface area contributed by atoms with Crippen molar-refractivity contribution in [2.75, 3.05) is 13.1 Å². The molecule has 3 nitrogen and oxygen atoms in total. The number of carbonyl (C=O) groups is 1. The summed E-state index contributed by atoms with van der Waals surface area (Å²) in [6.07, 6.45) is 1.88. The number of amides is 1. The molecule has 0 spiro atoms. The average molecular weight is 365 g/mol. The molecule has 1 heterocycles. The van der Waals surface area contributed by atoms with E-state index < -0.39 is 0 Å². The summed E-state index contributed by atoms with van der Waals surface area (Å²) in [5.74, 6) is 0.338. The highest BCUT2D eigenvalue weighted by atomic mass is 16.1. The van der Waals surface area contributed by atoms with Crippen LogP contribution >= 0.6 is 0 Å². The minimum absolute atomic E-state index is 0.0583. The smallest absolute Gasteiger partial charge is 0.223 e. The molecule has 1 aliphatic heterocycles. The van der Waals surface area contributed by atoms with E-state index >= 15 is 0 Å². The first-order valence-electron chi connectivity index (χ1n) is 10.1. The second-order valence-electron chi connectivity index (χ2n) is 8.13. The molecule has 1 saturated heterocycles. The predicted octanol–water partition coefficient (Wildman–Crippen LogP) is 4.70. The Balaban J connectivity index is 1.50. The van der Waals surface area contributed by atoms with Crippen LogP contribution in [-0.4, -0.2) is 23.9 Å². The van der Waals surface area contributed by atoms with Crippen LogP contribution in [0.2, 0.25) is 0 Å². The van der Waals surface area contributed by atoms with Crippen molar-refractivity contribution < 1.29 is 4.79 Å². The molecule has 0 unspecified atom stereocenters. The number of nitrogens with one attached hydrogen (secondary N) is 1. The van der Waals surface area contributed by atoms with E-state index in [1.165, 1.54) is 27.8 Å². The molecule has 3 rings (SSSR count). The van der Waals surface area contributed by atoms with Crippen molar-refractivity contribution in [2.45, 2.75) is 53.1 Å². The lowest BCUT2D eigenvalue weighted by molar-refractivity contribution is -0.127. The van der Waals surface area contributed by atoms with Crippen LogP contribution in [0.1, 0.15) is 53.6 Å². The van der Waals surface area contributed by atoms with E-state index in [1.807, 2.05) is 0 Å². The van der Waals surface area contributed by atoms with Crippen LogP contribution in [0.15, 0.2) is 42.5 Å². The maximum atomic E-state index is 12.8. The van der Waals surface area contributed by atoms with E-state index in [0.717, 1.165) is 32.5 Å². The van der Waals surface area contributed by atoms with Gasteiger partial charge < -0.3 is 5.32 Å². The van der Waals surface area contributed by atoms with E-state index in [4.69, 9.17) is 0 Å². The van der Waals surface area contributed by atoms with Gasteiger partial charge in [0.25, 0.3) is 0 Å². The zero-order valence-corrected chi connectivity index (χ0v) is 17.1. The Labute approximate surface area is 163 Å². The Kier molecular flexibility index (Phi) is 6.33. The number of hydrogen-bond acceptors (Lipinski definition) is 2. The lowest BCUT2D eigenvalue weighted by atomic mass is 9.94. The van der Waals surface area contributed by atoms with Crippen LogP contribution in [0.5, 0.6) is 0 Å². The van der Waals surface area contributed by atoms with Gasteiger partial charge in [-0.25, -0.2) is 0 Å². The molecule has 2 aromatic carbocycles. The van der Waals surface area contributed by atoms with Gasteiger partial charge in [-0.2, -0.15) is 0 Å². The first-order valence-corrected chi connectivity index (χ1v) is 10.1. The quantitative estimate of drug-likeness (QED) is 0.834. The van der Waals surface area contributed by atoms with E-state index in [-0.39, 0.29) is 17.9 Å². The molecule has 1 aliphatic rings. The first kappa shape index (κ1) is 19.6. The highest BCUT2D eigenvalue weighted by Gasteiger charge is 2.26. The fraction of sp³-hybridized carbons (Fsp3) is 0.458. The standard InChI is InChI=1S/C24H32N2O/c1-17-6-9-21(10-7-17)16-26-13-11-22(12-14-26)24(27)25-20(4)23-15-18(2)5-8-19(23)3/h5-10,15,20,22H,11-14,16H2,1-4H3,(H,25,27)/t20-/m0/s1. The minimum atomic E-state index is 0.0583. The predicted molar refractivity (Wildman–Crippen MR) is 112 cm³/mol. The molecule has 1 atom stereocenters. The summed E-state index contributed by atoms with van der Waals surface area (Å²) in [7, 11) is 0. The number of likely N-dealkylation sites (tertiary alicyclic amines) is 1. The SMILES string of the molecule is Cc1ccc(CN2CCC(C(=O)N[C@@H](C)c3cc(C)ccc3C)CC2)cc1. The van der Waals surface area contributed by atoms with Crippen LogP contribution in [0, 0.1) is 26.7 Å². The Morgan fingerprint density at radius 3 is 2.33 bits per heavy atom. The number of benzene rings is 2. The number of hydrogen-bond donors (Lipinski definition) is 1. The summed E-state index contributed by atoms with van der Waals surface area (Å²) < 4.78 is 0. The van der Waals surface area contributed by atoms with Crippen LogP contribution in [0.25, 0.3) is 0 Å². The zero-order valence-electron chi connectivity index (χ0n) is 17.1. The number of rotatable bonds is 5. The van der Waals surface area contributed by atoms with Crippen molar-refractivity contribution in [3.05, 3.63) is 70.3 Å². The molecule has 3 heteroatoms. The van der Waals surface area contributed by atoms with E-state index in [1.54, 1.807) is 0 Å². The third kappa shape index (κ3) is 5.20. The van der Waals surface area contributed by atoms with Gasteiger partial charge >= 0.3 is 0 Å². The number of nitrogens with zero attached hydrogens (tertiary/aromatic N) is 1. The number of piperidine rings is 1. The van der Waals surface area contributed by atoms with Gasteiger partial charge in [-0.15, -0.1) is 0 Å². The maximum absolute atomic E-state index is 12.8. The summed E-state index contributed by atoms with van der Waals surface area (Å²) in [4.78, 5) is 15.2. The van der Waals surface area contributed by atoms with Crippen molar-refractivity contribution >= 4 is 5.91 Å². The monoisotopic (exact) mass is 364 g/mol. The zero-order chi connectivity index (χ0) is 19.4. The molecule has 1 N–H and O–H groups in total. The van der Waals surface area contributed by atoms with Crippen molar-refractivity contribution in [3.8, 4) is 0 Å². The lowest BCUT2D eigenvalue weighted by Crippen LogP contribution is -2.41. The van der Waals surface area contributed by atoms with Crippen LogP contribution < -0.4 is 5.32 Å². The van der Waals surface area contributed by atoms with Gasteiger partial charge in [-0.05, 0) is 70.3 Å². The topological polar surface area (TPSA) is 32.3 Å². The molecule has 2 aromatic rings. The molecule has 144 valence electrons. The van der Waals surface area contributed by atoms with Crippen LogP contribution in [-0.2, 0) is 11.3 Å². The van der Waals surface area contributed by atoms with Gasteiger partial charge in [0, 0.05) is 12.5 Å².